The van der Waals surface area contributed by atoms with Crippen molar-refractivity contribution in [1.82, 2.24) is 0 Å². The molecule has 0 spiro atoms. The number of hydrogen-bond acceptors (Lipinski definition) is 3. The van der Waals surface area contributed by atoms with Crippen molar-refractivity contribution in [3.63, 3.8) is 0 Å². The Hall–Kier alpha value is -0.830. The fourth-order valence-corrected chi connectivity index (χ4v) is 0.581. The molecule has 0 fully saturated rings. The molecule has 0 atom stereocenters. The minimum absolute atomic E-state index is 0.0262. The zero-order chi connectivity index (χ0) is 7.98. The van der Waals surface area contributed by atoms with Crippen LogP contribution >= 0.6 is 0 Å². The molecule has 0 amide bonds. The molecule has 0 aliphatic rings. The summed E-state index contributed by atoms with van der Waals surface area (Å²) in [5.74, 6) is 0.0262. The summed E-state index contributed by atoms with van der Waals surface area (Å²) in [6, 6.07) is 0. The van der Waals surface area contributed by atoms with E-state index >= 15 is 0 Å². The largest absolute Gasteiger partial charge is 0.876 e. The zero-order valence-electron chi connectivity index (χ0n) is 6.42. The van der Waals surface area contributed by atoms with Crippen LogP contribution in [0.5, 0.6) is 0 Å². The van der Waals surface area contributed by atoms with E-state index in [-0.39, 0.29) is 5.76 Å². The Morgan fingerprint density at radius 1 is 1.60 bits per heavy atom. The molecule has 2 N–H and O–H groups in total. The van der Waals surface area contributed by atoms with Gasteiger partial charge in [0.1, 0.15) is 0 Å². The first kappa shape index (κ1) is 9.17. The van der Waals surface area contributed by atoms with Crippen molar-refractivity contribution in [2.45, 2.75) is 13.8 Å². The third kappa shape index (κ3) is 5.31. The van der Waals surface area contributed by atoms with Crippen LogP contribution in [0.25, 0.3) is 0 Å². The highest BCUT2D eigenvalue weighted by molar-refractivity contribution is 5.92. The summed E-state index contributed by atoms with van der Waals surface area (Å²) in [7, 11) is 0. The Bertz CT molecular complexity index is 146. The molecule has 10 heavy (non-hydrogen) atoms. The lowest BCUT2D eigenvalue weighted by molar-refractivity contribution is -0.301. The molecular weight excluding hydrogens is 128 g/mol. The molecule has 0 unspecified atom stereocenters. The molecule has 0 saturated carbocycles. The van der Waals surface area contributed by atoms with Gasteiger partial charge in [0, 0.05) is 12.3 Å². The van der Waals surface area contributed by atoms with Crippen molar-refractivity contribution >= 4 is 5.71 Å². The lowest BCUT2D eigenvalue weighted by Crippen LogP contribution is -2.05. The number of rotatable bonds is 3. The van der Waals surface area contributed by atoms with Crippen molar-refractivity contribution < 1.29 is 5.11 Å². The fraction of sp³-hybridized carbons (Fsp3) is 0.571. The van der Waals surface area contributed by atoms with E-state index in [0.29, 0.717) is 13.1 Å². The Morgan fingerprint density at radius 2 is 2.20 bits per heavy atom. The van der Waals surface area contributed by atoms with Gasteiger partial charge in [-0.15, -0.1) is 5.76 Å². The SMILES string of the molecule is CC(/C=C(/C)[O-])=NCCN. The van der Waals surface area contributed by atoms with Gasteiger partial charge in [0.15, 0.2) is 0 Å². The highest BCUT2D eigenvalue weighted by Gasteiger charge is 1.80. The first-order valence-electron chi connectivity index (χ1n) is 3.23. The predicted molar refractivity (Wildman–Crippen MR) is 40.8 cm³/mol. The van der Waals surface area contributed by atoms with Crippen LogP contribution in [-0.2, 0) is 0 Å². The summed E-state index contributed by atoms with van der Waals surface area (Å²) in [5.41, 5.74) is 5.95. The van der Waals surface area contributed by atoms with Crippen LogP contribution in [0.15, 0.2) is 16.8 Å². The van der Waals surface area contributed by atoms with Gasteiger partial charge in [-0.2, -0.15) is 0 Å². The average molecular weight is 141 g/mol. The molecule has 58 valence electrons. The maximum Gasteiger partial charge on any atom is 0.0515 e. The molecule has 0 bridgehead atoms. The van der Waals surface area contributed by atoms with Gasteiger partial charge in [-0.05, 0) is 6.92 Å². The molecule has 0 rings (SSSR count). The maximum atomic E-state index is 10.4. The molecule has 3 nitrogen and oxygen atoms in total. The highest BCUT2D eigenvalue weighted by atomic mass is 16.3. The molecule has 0 aliphatic carbocycles. The number of aliphatic imine (C=N–C) groups is 1. The van der Waals surface area contributed by atoms with Gasteiger partial charge in [0.05, 0.1) is 6.54 Å². The van der Waals surface area contributed by atoms with Crippen LogP contribution < -0.4 is 10.8 Å². The van der Waals surface area contributed by atoms with Crippen molar-refractivity contribution in [2.75, 3.05) is 13.1 Å². The zero-order valence-corrected chi connectivity index (χ0v) is 6.42. The monoisotopic (exact) mass is 141 g/mol. The van der Waals surface area contributed by atoms with Crippen molar-refractivity contribution in [3.8, 4) is 0 Å². The van der Waals surface area contributed by atoms with E-state index in [0.717, 1.165) is 5.71 Å². The molecule has 0 saturated heterocycles. The van der Waals surface area contributed by atoms with E-state index in [1.54, 1.807) is 6.92 Å². The minimum atomic E-state index is 0.0262. The van der Waals surface area contributed by atoms with Crippen LogP contribution in [0.1, 0.15) is 13.8 Å². The smallest absolute Gasteiger partial charge is 0.0515 e. The average Bonchev–Trinajstić information content (AvgIpc) is 1.82. The second kappa shape index (κ2) is 4.99. The topological polar surface area (TPSA) is 61.4 Å². The van der Waals surface area contributed by atoms with Gasteiger partial charge < -0.3 is 10.8 Å². The fourth-order valence-electron chi connectivity index (χ4n) is 0.581. The summed E-state index contributed by atoms with van der Waals surface area (Å²) in [5, 5.41) is 10.4. The van der Waals surface area contributed by atoms with Crippen LogP contribution in [0, 0.1) is 0 Å². The minimum Gasteiger partial charge on any atom is -0.876 e. The van der Waals surface area contributed by atoms with Gasteiger partial charge in [0.25, 0.3) is 0 Å². The van der Waals surface area contributed by atoms with E-state index in [2.05, 4.69) is 4.99 Å². The molecule has 0 radical (unpaired) electrons. The van der Waals surface area contributed by atoms with E-state index in [4.69, 9.17) is 5.73 Å². The van der Waals surface area contributed by atoms with Crippen LogP contribution in [0.2, 0.25) is 0 Å². The summed E-state index contributed by atoms with van der Waals surface area (Å²) in [4.78, 5) is 4.00. The normalized spacial score (nSPS) is 13.9. The molecule has 0 heterocycles. The van der Waals surface area contributed by atoms with Crippen LogP contribution in [-0.4, -0.2) is 18.8 Å². The molecule has 0 aromatic heterocycles. The molecular formula is C7H13N2O-. The molecule has 0 aromatic carbocycles. The maximum absolute atomic E-state index is 10.4. The second-order valence-electron chi connectivity index (χ2n) is 2.07. The van der Waals surface area contributed by atoms with E-state index in [1.165, 1.54) is 13.0 Å². The quantitative estimate of drug-likeness (QED) is 0.432. The van der Waals surface area contributed by atoms with Gasteiger partial charge >= 0.3 is 0 Å². The third-order valence-electron chi connectivity index (χ3n) is 0.902. The molecule has 0 aromatic rings. The summed E-state index contributed by atoms with van der Waals surface area (Å²) in [6.07, 6.45) is 1.50. The van der Waals surface area contributed by atoms with Crippen LogP contribution in [0.3, 0.4) is 0 Å². The van der Waals surface area contributed by atoms with Crippen LogP contribution in [0.4, 0.5) is 0 Å². The van der Waals surface area contributed by atoms with Gasteiger partial charge in [-0.3, -0.25) is 4.99 Å². The number of nitrogens with zero attached hydrogens (tertiary/aromatic N) is 1. The number of nitrogens with two attached hydrogens (primary N) is 1. The lowest BCUT2D eigenvalue weighted by atomic mass is 10.3. The van der Waals surface area contributed by atoms with E-state index < -0.39 is 0 Å². The highest BCUT2D eigenvalue weighted by Crippen LogP contribution is 1.84. The van der Waals surface area contributed by atoms with Gasteiger partial charge in [-0.1, -0.05) is 13.0 Å². The van der Waals surface area contributed by atoms with E-state index in [9.17, 15) is 5.11 Å². The Morgan fingerprint density at radius 3 is 2.60 bits per heavy atom. The first-order chi connectivity index (χ1) is 4.66. The summed E-state index contributed by atoms with van der Waals surface area (Å²) >= 11 is 0. The van der Waals surface area contributed by atoms with Gasteiger partial charge in [0.2, 0.25) is 0 Å². The summed E-state index contributed by atoms with van der Waals surface area (Å²) in [6.45, 7) is 4.41. The predicted octanol–water partition coefficient (Wildman–Crippen LogP) is -0.330. The van der Waals surface area contributed by atoms with Gasteiger partial charge in [-0.25, -0.2) is 0 Å². The standard InChI is InChI=1S/C7H14N2O/c1-6(5-7(2)10)9-4-3-8/h5,10H,3-4,8H2,1-2H3/p-1/b7-5-,9-6?. The Kier molecular flexibility index (Phi) is 4.58. The van der Waals surface area contributed by atoms with Crippen molar-refractivity contribution in [1.29, 1.82) is 0 Å². The molecule has 3 heteroatoms. The van der Waals surface area contributed by atoms with E-state index in [1.807, 2.05) is 0 Å². The number of hydrogen-bond donors (Lipinski definition) is 1. The molecule has 0 aliphatic heterocycles. The number of allylic oxidation sites excluding steroid dienone is 2. The second-order valence-corrected chi connectivity index (χ2v) is 2.07. The lowest BCUT2D eigenvalue weighted by Gasteiger charge is -2.02. The van der Waals surface area contributed by atoms with Crippen molar-refractivity contribution in [2.24, 2.45) is 10.7 Å². The summed E-state index contributed by atoms with van der Waals surface area (Å²) < 4.78 is 0. The Balaban J connectivity index is 3.82. The third-order valence-corrected chi connectivity index (χ3v) is 0.902. The van der Waals surface area contributed by atoms with Crippen molar-refractivity contribution in [3.05, 3.63) is 11.8 Å². The Labute approximate surface area is 61.3 Å². The first-order valence-corrected chi connectivity index (χ1v) is 3.23.